The zero-order valence-corrected chi connectivity index (χ0v) is 22.5. The van der Waals surface area contributed by atoms with E-state index in [0.717, 1.165) is 24.1 Å². The third-order valence-corrected chi connectivity index (χ3v) is 6.57. The molecule has 0 saturated heterocycles. The molecule has 0 radical (unpaired) electrons. The number of nitrogens with zero attached hydrogens (tertiary/aromatic N) is 4. The summed E-state index contributed by atoms with van der Waals surface area (Å²) in [5.74, 6) is 1.58. The molecule has 0 saturated carbocycles. The molecular weight excluding hydrogens is 484 g/mol. The molecule has 0 fully saturated rings. The fourth-order valence-electron chi connectivity index (χ4n) is 4.73. The molecule has 1 amide bonds. The lowest BCUT2D eigenvalue weighted by Crippen LogP contribution is -2.56. The van der Waals surface area contributed by atoms with Gasteiger partial charge in [-0.15, -0.1) is 0 Å². The lowest BCUT2D eigenvalue weighted by molar-refractivity contribution is -0.151. The van der Waals surface area contributed by atoms with Crippen LogP contribution in [0.3, 0.4) is 0 Å². The maximum Gasteiger partial charge on any atom is 0.347 e. The van der Waals surface area contributed by atoms with Gasteiger partial charge in [0.05, 0.1) is 18.9 Å². The molecule has 0 spiro atoms. The van der Waals surface area contributed by atoms with E-state index in [-0.39, 0.29) is 24.6 Å². The lowest BCUT2D eigenvalue weighted by Gasteiger charge is -2.34. The van der Waals surface area contributed by atoms with Gasteiger partial charge in [0, 0.05) is 13.5 Å². The van der Waals surface area contributed by atoms with E-state index in [1.54, 1.807) is 16.8 Å². The maximum absolute atomic E-state index is 13.2. The zero-order valence-electron chi connectivity index (χ0n) is 22.5. The summed E-state index contributed by atoms with van der Waals surface area (Å²) in [6.45, 7) is 6.74. The summed E-state index contributed by atoms with van der Waals surface area (Å²) in [4.78, 5) is 32.2. The minimum atomic E-state index is -0.754. The number of fused-ring (bicyclic) bond motifs is 1. The highest BCUT2D eigenvalue weighted by molar-refractivity contribution is 6.08. The SMILES string of the molecule is CCCC1=NN(C)C2C(=O)N(CCOc3ccc(CC(Oc4ccccc4)C(=O)OCC)cc3)C(C)=NC12. The summed E-state index contributed by atoms with van der Waals surface area (Å²) >= 11 is 0. The maximum atomic E-state index is 13.2. The van der Waals surface area contributed by atoms with Crippen molar-refractivity contribution in [2.75, 3.05) is 26.8 Å². The monoisotopic (exact) mass is 520 g/mol. The normalized spacial score (nSPS) is 19.4. The number of hydrogen-bond donors (Lipinski definition) is 0. The third kappa shape index (κ3) is 6.33. The number of amides is 1. The van der Waals surface area contributed by atoms with E-state index >= 15 is 0 Å². The van der Waals surface area contributed by atoms with Gasteiger partial charge >= 0.3 is 5.97 Å². The minimum absolute atomic E-state index is 0.00206. The molecular formula is C29H36N4O5. The minimum Gasteiger partial charge on any atom is -0.492 e. The van der Waals surface area contributed by atoms with E-state index in [0.29, 0.717) is 36.9 Å². The van der Waals surface area contributed by atoms with Crippen molar-refractivity contribution in [2.24, 2.45) is 10.1 Å². The summed E-state index contributed by atoms with van der Waals surface area (Å²) in [6.07, 6.45) is 1.42. The molecule has 0 aliphatic carbocycles. The van der Waals surface area contributed by atoms with Gasteiger partial charge in [-0.1, -0.05) is 43.7 Å². The molecule has 2 aromatic rings. The second kappa shape index (κ2) is 12.6. The van der Waals surface area contributed by atoms with Crippen LogP contribution >= 0.6 is 0 Å². The molecule has 3 unspecified atom stereocenters. The van der Waals surface area contributed by atoms with Crippen molar-refractivity contribution in [2.45, 2.75) is 58.2 Å². The Morgan fingerprint density at radius 2 is 1.79 bits per heavy atom. The number of hydrogen-bond acceptors (Lipinski definition) is 8. The standard InChI is InChI=1S/C29H36N4O5/c1-5-10-24-26-27(32(4)31-24)28(34)33(20(3)30-26)17-18-37-22-15-13-21(14-16-22)19-25(29(35)36-6-2)38-23-11-8-7-9-12-23/h7-9,11-16,25-27H,5-6,10,17-19H2,1-4H3. The lowest BCUT2D eigenvalue weighted by atomic mass is 9.98. The summed E-state index contributed by atoms with van der Waals surface area (Å²) in [7, 11) is 1.84. The highest BCUT2D eigenvalue weighted by Gasteiger charge is 2.45. The number of amidine groups is 1. The molecule has 38 heavy (non-hydrogen) atoms. The predicted octanol–water partition coefficient (Wildman–Crippen LogP) is 3.72. The molecule has 0 aromatic heterocycles. The quantitative estimate of drug-likeness (QED) is 0.396. The van der Waals surface area contributed by atoms with Gasteiger partial charge in [0.25, 0.3) is 5.91 Å². The highest BCUT2D eigenvalue weighted by atomic mass is 16.6. The summed E-state index contributed by atoms with van der Waals surface area (Å²) < 4.78 is 17.0. The van der Waals surface area contributed by atoms with Gasteiger partial charge in [0.1, 0.15) is 30.0 Å². The molecule has 4 rings (SSSR count). The van der Waals surface area contributed by atoms with Crippen molar-refractivity contribution < 1.29 is 23.8 Å². The van der Waals surface area contributed by atoms with E-state index in [4.69, 9.17) is 19.2 Å². The number of esters is 1. The highest BCUT2D eigenvalue weighted by Crippen LogP contribution is 2.26. The number of carbonyl (C=O) groups excluding carboxylic acids is 2. The van der Waals surface area contributed by atoms with Crippen LogP contribution in [-0.2, 0) is 20.7 Å². The number of benzene rings is 2. The smallest absolute Gasteiger partial charge is 0.347 e. The van der Waals surface area contributed by atoms with Crippen molar-refractivity contribution >= 4 is 23.4 Å². The number of likely N-dealkylation sites (N-methyl/N-ethyl adjacent to an activating group) is 1. The Balaban J connectivity index is 1.33. The fraction of sp³-hybridized carbons (Fsp3) is 0.448. The van der Waals surface area contributed by atoms with Crippen molar-refractivity contribution in [3.05, 3.63) is 60.2 Å². The van der Waals surface area contributed by atoms with Crippen LogP contribution in [0, 0.1) is 0 Å². The van der Waals surface area contributed by atoms with E-state index in [2.05, 4.69) is 12.0 Å². The third-order valence-electron chi connectivity index (χ3n) is 6.57. The summed E-state index contributed by atoms with van der Waals surface area (Å²) in [6, 6.07) is 16.2. The van der Waals surface area contributed by atoms with Crippen LogP contribution in [0.2, 0.25) is 0 Å². The first kappa shape index (κ1) is 27.2. The molecule has 2 aromatic carbocycles. The van der Waals surface area contributed by atoms with Gasteiger partial charge in [0.15, 0.2) is 12.1 Å². The molecule has 3 atom stereocenters. The molecule has 9 heteroatoms. The number of carbonyl (C=O) groups is 2. The first-order chi connectivity index (χ1) is 18.4. The molecule has 2 heterocycles. The Morgan fingerprint density at radius 3 is 2.47 bits per heavy atom. The van der Waals surface area contributed by atoms with E-state index in [1.165, 1.54) is 0 Å². The second-order valence-corrected chi connectivity index (χ2v) is 9.34. The van der Waals surface area contributed by atoms with Crippen molar-refractivity contribution in [3.63, 3.8) is 0 Å². The number of hydrazone groups is 1. The van der Waals surface area contributed by atoms with Gasteiger partial charge in [-0.05, 0) is 50.1 Å². The topological polar surface area (TPSA) is 93.0 Å². The number of para-hydroxylation sites is 1. The molecule has 2 aliphatic heterocycles. The van der Waals surface area contributed by atoms with Crippen LogP contribution in [0.1, 0.15) is 39.2 Å². The van der Waals surface area contributed by atoms with Gasteiger partial charge in [0.2, 0.25) is 0 Å². The Bertz CT molecular complexity index is 1170. The van der Waals surface area contributed by atoms with Crippen LogP contribution in [-0.4, -0.2) is 78.3 Å². The van der Waals surface area contributed by atoms with E-state index in [1.807, 2.05) is 68.6 Å². The average molecular weight is 521 g/mol. The van der Waals surface area contributed by atoms with Crippen molar-refractivity contribution in [1.82, 2.24) is 9.91 Å². The molecule has 9 nitrogen and oxygen atoms in total. The Kier molecular flexibility index (Phi) is 8.99. The first-order valence-corrected chi connectivity index (χ1v) is 13.2. The molecule has 2 aliphatic rings. The molecule has 0 bridgehead atoms. The Morgan fingerprint density at radius 1 is 1.05 bits per heavy atom. The van der Waals surface area contributed by atoms with Crippen molar-refractivity contribution in [3.8, 4) is 11.5 Å². The van der Waals surface area contributed by atoms with Gasteiger partial charge in [-0.2, -0.15) is 5.10 Å². The van der Waals surface area contributed by atoms with E-state index < -0.39 is 12.1 Å². The van der Waals surface area contributed by atoms with Crippen LogP contribution in [0.25, 0.3) is 0 Å². The summed E-state index contributed by atoms with van der Waals surface area (Å²) in [5.41, 5.74) is 1.89. The fourth-order valence-corrected chi connectivity index (χ4v) is 4.73. The van der Waals surface area contributed by atoms with Gasteiger partial charge < -0.3 is 14.2 Å². The van der Waals surface area contributed by atoms with Crippen LogP contribution in [0.15, 0.2) is 64.7 Å². The van der Waals surface area contributed by atoms with Crippen LogP contribution < -0.4 is 9.47 Å². The zero-order chi connectivity index (χ0) is 27.1. The molecule has 0 N–H and O–H groups in total. The van der Waals surface area contributed by atoms with Crippen molar-refractivity contribution in [1.29, 1.82) is 0 Å². The Hall–Kier alpha value is -3.88. The van der Waals surface area contributed by atoms with E-state index in [9.17, 15) is 9.59 Å². The summed E-state index contributed by atoms with van der Waals surface area (Å²) in [5, 5.41) is 6.31. The van der Waals surface area contributed by atoms with Gasteiger partial charge in [-0.25, -0.2) is 4.79 Å². The van der Waals surface area contributed by atoms with Crippen LogP contribution in [0.4, 0.5) is 0 Å². The first-order valence-electron chi connectivity index (χ1n) is 13.2. The predicted molar refractivity (Wildman–Crippen MR) is 146 cm³/mol. The average Bonchev–Trinajstić information content (AvgIpc) is 3.22. The molecule has 202 valence electrons. The van der Waals surface area contributed by atoms with Gasteiger partial charge in [-0.3, -0.25) is 19.7 Å². The number of ether oxygens (including phenoxy) is 3. The number of rotatable bonds is 12. The Labute approximate surface area is 224 Å². The largest absolute Gasteiger partial charge is 0.492 e. The number of aliphatic imine (C=N–C) groups is 1. The second-order valence-electron chi connectivity index (χ2n) is 9.34. The van der Waals surface area contributed by atoms with Crippen LogP contribution in [0.5, 0.6) is 11.5 Å².